The highest BCUT2D eigenvalue weighted by Crippen LogP contribution is 2.27. The number of rotatable bonds is 4. The van der Waals surface area contributed by atoms with Crippen LogP contribution in [-0.2, 0) is 9.84 Å². The summed E-state index contributed by atoms with van der Waals surface area (Å²) >= 11 is 0. The normalized spacial score (nSPS) is 21.4. The first-order valence-corrected chi connectivity index (χ1v) is 11.3. The van der Waals surface area contributed by atoms with Crippen molar-refractivity contribution in [2.75, 3.05) is 56.2 Å². The van der Waals surface area contributed by atoms with Crippen molar-refractivity contribution >= 4 is 26.4 Å². The van der Waals surface area contributed by atoms with Crippen molar-refractivity contribution < 1.29 is 13.2 Å². The fraction of sp³-hybridized carbons (Fsp3) is 0.579. The third kappa shape index (κ3) is 4.16. The average molecular weight is 391 g/mol. The second-order valence-electron chi connectivity index (χ2n) is 7.47. The zero-order valence-electron chi connectivity index (χ0n) is 15.7. The third-order valence-electron chi connectivity index (χ3n) is 5.70. The Balaban J connectivity index is 1.37. The molecule has 0 aliphatic carbocycles. The Morgan fingerprint density at radius 1 is 1.11 bits per heavy atom. The molecule has 0 radical (unpaired) electrons. The number of nitrogens with zero attached hydrogens (tertiary/aromatic N) is 4. The van der Waals surface area contributed by atoms with Crippen molar-refractivity contribution in [1.29, 1.82) is 0 Å². The SMILES string of the molecule is COc1ncnc2ccc(N3CCN(CC4CCS(=O)(=O)CC4)CC3)cc12. The van der Waals surface area contributed by atoms with E-state index in [1.807, 2.05) is 6.07 Å². The highest BCUT2D eigenvalue weighted by atomic mass is 32.2. The van der Waals surface area contributed by atoms with Gasteiger partial charge in [-0.1, -0.05) is 0 Å². The molecule has 3 heterocycles. The standard InChI is InChI=1S/C19H26N4O3S/c1-26-19-17-12-16(2-3-18(17)20-14-21-19)23-8-6-22(7-9-23)13-15-4-10-27(24,25)11-5-15/h2-3,12,14-15H,4-11,13H2,1H3. The number of hydrogen-bond donors (Lipinski definition) is 0. The van der Waals surface area contributed by atoms with Gasteiger partial charge in [0.2, 0.25) is 5.88 Å². The molecule has 27 heavy (non-hydrogen) atoms. The van der Waals surface area contributed by atoms with Crippen molar-refractivity contribution in [2.24, 2.45) is 5.92 Å². The van der Waals surface area contributed by atoms with Crippen LogP contribution in [0.25, 0.3) is 10.9 Å². The molecule has 0 atom stereocenters. The van der Waals surface area contributed by atoms with Crippen molar-refractivity contribution in [2.45, 2.75) is 12.8 Å². The maximum atomic E-state index is 11.6. The smallest absolute Gasteiger partial charge is 0.224 e. The maximum Gasteiger partial charge on any atom is 0.224 e. The van der Waals surface area contributed by atoms with E-state index in [2.05, 4.69) is 31.9 Å². The number of piperazine rings is 1. The summed E-state index contributed by atoms with van der Waals surface area (Å²) in [6, 6.07) is 6.23. The lowest BCUT2D eigenvalue weighted by atomic mass is 10.0. The highest BCUT2D eigenvalue weighted by Gasteiger charge is 2.26. The van der Waals surface area contributed by atoms with Crippen LogP contribution in [0.3, 0.4) is 0 Å². The lowest BCUT2D eigenvalue weighted by molar-refractivity contribution is 0.211. The van der Waals surface area contributed by atoms with E-state index in [4.69, 9.17) is 4.74 Å². The van der Waals surface area contributed by atoms with E-state index in [1.54, 1.807) is 7.11 Å². The predicted octanol–water partition coefficient (Wildman–Crippen LogP) is 1.59. The number of benzene rings is 1. The molecule has 7 nitrogen and oxygen atoms in total. The van der Waals surface area contributed by atoms with Crippen molar-refractivity contribution in [1.82, 2.24) is 14.9 Å². The van der Waals surface area contributed by atoms with E-state index < -0.39 is 9.84 Å². The lowest BCUT2D eigenvalue weighted by Gasteiger charge is -2.38. The molecule has 0 saturated carbocycles. The van der Waals surface area contributed by atoms with Crippen LogP contribution in [0.5, 0.6) is 5.88 Å². The molecule has 2 aliphatic heterocycles. The summed E-state index contributed by atoms with van der Waals surface area (Å²) in [5.41, 5.74) is 2.05. The monoisotopic (exact) mass is 390 g/mol. The lowest BCUT2D eigenvalue weighted by Crippen LogP contribution is -2.48. The Morgan fingerprint density at radius 2 is 1.85 bits per heavy atom. The molecule has 2 fully saturated rings. The van der Waals surface area contributed by atoms with Crippen LogP contribution < -0.4 is 9.64 Å². The van der Waals surface area contributed by atoms with Crippen LogP contribution in [0, 0.1) is 5.92 Å². The second-order valence-corrected chi connectivity index (χ2v) is 9.77. The van der Waals surface area contributed by atoms with Crippen LogP contribution in [0.2, 0.25) is 0 Å². The van der Waals surface area contributed by atoms with Crippen molar-refractivity contribution in [3.8, 4) is 5.88 Å². The molecule has 0 amide bonds. The first kappa shape index (κ1) is 18.4. The molecule has 1 aromatic heterocycles. The van der Waals surface area contributed by atoms with Crippen LogP contribution in [0.1, 0.15) is 12.8 Å². The maximum absolute atomic E-state index is 11.6. The summed E-state index contributed by atoms with van der Waals surface area (Å²) < 4.78 is 28.5. The molecule has 2 saturated heterocycles. The summed E-state index contributed by atoms with van der Waals surface area (Å²) in [6.07, 6.45) is 3.15. The fourth-order valence-electron chi connectivity index (χ4n) is 4.06. The van der Waals surface area contributed by atoms with Crippen LogP contribution in [0.4, 0.5) is 5.69 Å². The van der Waals surface area contributed by atoms with E-state index in [-0.39, 0.29) is 0 Å². The topological polar surface area (TPSA) is 75.6 Å². The molecule has 0 bridgehead atoms. The van der Waals surface area contributed by atoms with Crippen LogP contribution >= 0.6 is 0 Å². The summed E-state index contributed by atoms with van der Waals surface area (Å²) in [7, 11) is -1.14. The summed E-state index contributed by atoms with van der Waals surface area (Å²) in [6.45, 7) is 4.95. The van der Waals surface area contributed by atoms with E-state index in [9.17, 15) is 8.42 Å². The molecule has 1 aromatic carbocycles. The minimum atomic E-state index is -2.77. The van der Waals surface area contributed by atoms with Gasteiger partial charge in [0.1, 0.15) is 16.2 Å². The number of methoxy groups -OCH3 is 1. The van der Waals surface area contributed by atoms with Crippen LogP contribution in [-0.4, -0.2) is 74.6 Å². The van der Waals surface area contributed by atoms with E-state index in [0.29, 0.717) is 23.3 Å². The Kier molecular flexibility index (Phi) is 5.19. The van der Waals surface area contributed by atoms with Gasteiger partial charge < -0.3 is 9.64 Å². The zero-order chi connectivity index (χ0) is 18.9. The molecule has 2 aromatic rings. The van der Waals surface area contributed by atoms with Gasteiger partial charge in [-0.25, -0.2) is 18.4 Å². The molecule has 2 aliphatic rings. The average Bonchev–Trinajstić information content (AvgIpc) is 2.69. The molecule has 4 rings (SSSR count). The molecule has 0 unspecified atom stereocenters. The van der Waals surface area contributed by atoms with Gasteiger partial charge in [-0.3, -0.25) is 4.90 Å². The predicted molar refractivity (Wildman–Crippen MR) is 106 cm³/mol. The number of sulfone groups is 1. The number of anilines is 1. The molecule has 146 valence electrons. The molecule has 8 heteroatoms. The molecule has 0 N–H and O–H groups in total. The largest absolute Gasteiger partial charge is 0.480 e. The van der Waals surface area contributed by atoms with Crippen LogP contribution in [0.15, 0.2) is 24.5 Å². The number of hydrogen-bond acceptors (Lipinski definition) is 7. The summed E-state index contributed by atoms with van der Waals surface area (Å²) in [5, 5.41) is 0.934. The van der Waals surface area contributed by atoms with E-state index in [1.165, 1.54) is 12.0 Å². The minimum absolute atomic E-state index is 0.360. The molecule has 0 spiro atoms. The van der Waals surface area contributed by atoms with E-state index in [0.717, 1.165) is 56.5 Å². The Bertz CT molecular complexity index is 896. The number of aromatic nitrogens is 2. The second kappa shape index (κ2) is 7.59. The molecular formula is C19H26N4O3S. The van der Waals surface area contributed by atoms with E-state index >= 15 is 0 Å². The first-order chi connectivity index (χ1) is 13.0. The third-order valence-corrected chi connectivity index (χ3v) is 7.42. The van der Waals surface area contributed by atoms with Gasteiger partial charge in [-0.15, -0.1) is 0 Å². The Labute approximate surface area is 160 Å². The van der Waals surface area contributed by atoms with Gasteiger partial charge >= 0.3 is 0 Å². The van der Waals surface area contributed by atoms with Gasteiger partial charge in [-0.2, -0.15) is 0 Å². The van der Waals surface area contributed by atoms with Crippen molar-refractivity contribution in [3.63, 3.8) is 0 Å². The highest BCUT2D eigenvalue weighted by molar-refractivity contribution is 7.91. The Hall–Kier alpha value is -1.93. The quantitative estimate of drug-likeness (QED) is 0.785. The number of ether oxygens (including phenoxy) is 1. The first-order valence-electron chi connectivity index (χ1n) is 9.50. The summed E-state index contributed by atoms with van der Waals surface area (Å²) in [5.74, 6) is 1.84. The van der Waals surface area contributed by atoms with Gasteiger partial charge in [0.15, 0.2) is 0 Å². The molecular weight excluding hydrogens is 364 g/mol. The van der Waals surface area contributed by atoms with Gasteiger partial charge in [0.25, 0.3) is 0 Å². The number of fused-ring (bicyclic) bond motifs is 1. The Morgan fingerprint density at radius 3 is 2.56 bits per heavy atom. The van der Waals surface area contributed by atoms with Gasteiger partial charge in [-0.05, 0) is 37.0 Å². The van der Waals surface area contributed by atoms with Gasteiger partial charge in [0.05, 0.1) is 29.5 Å². The fourth-order valence-corrected chi connectivity index (χ4v) is 5.64. The summed E-state index contributed by atoms with van der Waals surface area (Å²) in [4.78, 5) is 13.4. The minimum Gasteiger partial charge on any atom is -0.480 e. The van der Waals surface area contributed by atoms with Gasteiger partial charge in [0, 0.05) is 38.4 Å². The van der Waals surface area contributed by atoms with Crippen molar-refractivity contribution in [3.05, 3.63) is 24.5 Å². The zero-order valence-corrected chi connectivity index (χ0v) is 16.5.